The normalized spacial score (nSPS) is 39.5. The van der Waals surface area contributed by atoms with Crippen LogP contribution >= 0.6 is 0 Å². The van der Waals surface area contributed by atoms with Crippen LogP contribution in [0.5, 0.6) is 0 Å². The van der Waals surface area contributed by atoms with Crippen molar-refractivity contribution >= 4 is 0 Å². The highest BCUT2D eigenvalue weighted by Gasteiger charge is 2.61. The van der Waals surface area contributed by atoms with Crippen LogP contribution in [0, 0.1) is 0 Å². The Labute approximate surface area is 119 Å². The van der Waals surface area contributed by atoms with Gasteiger partial charge >= 0.3 is 0 Å². The summed E-state index contributed by atoms with van der Waals surface area (Å²) >= 11 is 0. The Morgan fingerprint density at radius 2 is 2.05 bits per heavy atom. The summed E-state index contributed by atoms with van der Waals surface area (Å²) in [5.74, 6) is -0.579. The monoisotopic (exact) mass is 276 g/mol. The Bertz CT molecular complexity index is 455. The van der Waals surface area contributed by atoms with E-state index in [4.69, 9.17) is 18.9 Å². The molecule has 1 spiro atoms. The van der Waals surface area contributed by atoms with Crippen molar-refractivity contribution in [2.24, 2.45) is 0 Å². The summed E-state index contributed by atoms with van der Waals surface area (Å²) < 4.78 is 23.8. The molecule has 0 aliphatic carbocycles. The van der Waals surface area contributed by atoms with Gasteiger partial charge in [0, 0.05) is 6.42 Å². The second-order valence-electron chi connectivity index (χ2n) is 5.78. The van der Waals surface area contributed by atoms with Gasteiger partial charge in [-0.2, -0.15) is 0 Å². The van der Waals surface area contributed by atoms with Gasteiger partial charge < -0.3 is 18.9 Å². The Kier molecular flexibility index (Phi) is 3.27. The number of rotatable bonds is 3. The van der Waals surface area contributed by atoms with Gasteiger partial charge in [-0.05, 0) is 18.4 Å². The maximum atomic E-state index is 6.14. The highest BCUT2D eigenvalue weighted by Crippen LogP contribution is 2.45. The third-order valence-corrected chi connectivity index (χ3v) is 4.38. The molecule has 0 N–H and O–H groups in total. The molecular weight excluding hydrogens is 256 g/mol. The lowest BCUT2D eigenvalue weighted by atomic mass is 9.94. The van der Waals surface area contributed by atoms with Crippen LogP contribution in [0.2, 0.25) is 0 Å². The van der Waals surface area contributed by atoms with Crippen molar-refractivity contribution in [3.63, 3.8) is 0 Å². The van der Waals surface area contributed by atoms with Crippen molar-refractivity contribution in [3.8, 4) is 0 Å². The molecule has 4 rings (SSSR count). The third kappa shape index (κ3) is 2.27. The molecule has 0 amide bonds. The largest absolute Gasteiger partial charge is 0.365 e. The van der Waals surface area contributed by atoms with E-state index in [1.54, 1.807) is 0 Å². The Morgan fingerprint density at radius 3 is 2.85 bits per heavy atom. The smallest absolute Gasteiger partial charge is 0.197 e. The summed E-state index contributed by atoms with van der Waals surface area (Å²) in [6.45, 7) is 1.96. The number of ether oxygens (including phenoxy) is 4. The first-order valence-electron chi connectivity index (χ1n) is 7.46. The van der Waals surface area contributed by atoms with E-state index in [2.05, 4.69) is 12.1 Å². The van der Waals surface area contributed by atoms with Gasteiger partial charge in [-0.3, -0.25) is 0 Å². The average molecular weight is 276 g/mol. The minimum atomic E-state index is -0.579. The minimum absolute atomic E-state index is 0.109. The summed E-state index contributed by atoms with van der Waals surface area (Å²) in [6.07, 6.45) is 3.37. The fraction of sp³-hybridized carbons (Fsp3) is 0.625. The van der Waals surface area contributed by atoms with Crippen LogP contribution in [-0.4, -0.2) is 37.3 Å². The van der Waals surface area contributed by atoms with Crippen LogP contribution in [0.25, 0.3) is 0 Å². The fourth-order valence-electron chi connectivity index (χ4n) is 3.22. The summed E-state index contributed by atoms with van der Waals surface area (Å²) in [6, 6.07) is 10.2. The first-order chi connectivity index (χ1) is 9.87. The average Bonchev–Trinajstić information content (AvgIpc) is 3.28. The predicted molar refractivity (Wildman–Crippen MR) is 72.2 cm³/mol. The van der Waals surface area contributed by atoms with Crippen molar-refractivity contribution < 1.29 is 18.9 Å². The maximum absolute atomic E-state index is 6.14. The molecule has 4 atom stereocenters. The second-order valence-corrected chi connectivity index (χ2v) is 5.78. The maximum Gasteiger partial charge on any atom is 0.197 e. The van der Waals surface area contributed by atoms with Gasteiger partial charge in [0.25, 0.3) is 0 Å². The Balaban J connectivity index is 1.48. The van der Waals surface area contributed by atoms with Gasteiger partial charge in [-0.25, -0.2) is 0 Å². The summed E-state index contributed by atoms with van der Waals surface area (Å²) in [7, 11) is 0. The zero-order valence-electron chi connectivity index (χ0n) is 11.5. The first-order valence-corrected chi connectivity index (χ1v) is 7.46. The quantitative estimate of drug-likeness (QED) is 0.794. The SMILES string of the molecule is c1ccc(CO[C@H]2[C@H]3O[C@H]3CO[C@@]23CCCCO3)cc1. The second kappa shape index (κ2) is 5.11. The molecule has 20 heavy (non-hydrogen) atoms. The minimum Gasteiger partial charge on any atom is -0.365 e. The molecular formula is C16H20O4. The molecule has 0 radical (unpaired) electrons. The highest BCUT2D eigenvalue weighted by atomic mass is 16.8. The number of hydrogen-bond donors (Lipinski definition) is 0. The molecule has 1 aromatic rings. The Hall–Kier alpha value is -0.940. The lowest BCUT2D eigenvalue weighted by Crippen LogP contribution is -2.56. The molecule has 4 heteroatoms. The molecule has 3 aliphatic heterocycles. The molecule has 1 aromatic carbocycles. The van der Waals surface area contributed by atoms with E-state index in [9.17, 15) is 0 Å². The number of fused-ring (bicyclic) bond motifs is 1. The van der Waals surface area contributed by atoms with Gasteiger partial charge in [-0.1, -0.05) is 30.3 Å². The molecule has 0 bridgehead atoms. The van der Waals surface area contributed by atoms with Crippen LogP contribution in [-0.2, 0) is 25.6 Å². The molecule has 3 heterocycles. The molecule has 108 valence electrons. The van der Waals surface area contributed by atoms with E-state index in [0.29, 0.717) is 13.2 Å². The van der Waals surface area contributed by atoms with Gasteiger partial charge in [0.2, 0.25) is 0 Å². The molecule has 0 aromatic heterocycles. The molecule has 3 aliphatic rings. The molecule has 4 nitrogen and oxygen atoms in total. The fourth-order valence-corrected chi connectivity index (χ4v) is 3.22. The molecule has 0 unspecified atom stereocenters. The van der Waals surface area contributed by atoms with Gasteiger partial charge in [0.15, 0.2) is 5.79 Å². The first kappa shape index (κ1) is 12.8. The van der Waals surface area contributed by atoms with Crippen LogP contribution < -0.4 is 0 Å². The van der Waals surface area contributed by atoms with Crippen molar-refractivity contribution in [2.75, 3.05) is 13.2 Å². The van der Waals surface area contributed by atoms with Gasteiger partial charge in [0.05, 0.1) is 19.8 Å². The van der Waals surface area contributed by atoms with E-state index >= 15 is 0 Å². The third-order valence-electron chi connectivity index (χ3n) is 4.38. The van der Waals surface area contributed by atoms with Crippen molar-refractivity contribution in [3.05, 3.63) is 35.9 Å². The van der Waals surface area contributed by atoms with Crippen molar-refractivity contribution in [1.29, 1.82) is 0 Å². The summed E-state index contributed by atoms with van der Waals surface area (Å²) in [4.78, 5) is 0. The van der Waals surface area contributed by atoms with E-state index < -0.39 is 5.79 Å². The van der Waals surface area contributed by atoms with Crippen LogP contribution in [0.3, 0.4) is 0 Å². The molecule has 0 saturated carbocycles. The van der Waals surface area contributed by atoms with E-state index in [1.807, 2.05) is 18.2 Å². The highest BCUT2D eigenvalue weighted by molar-refractivity contribution is 5.14. The summed E-state index contributed by atoms with van der Waals surface area (Å²) in [5.41, 5.74) is 1.17. The Morgan fingerprint density at radius 1 is 1.15 bits per heavy atom. The zero-order valence-corrected chi connectivity index (χ0v) is 11.5. The van der Waals surface area contributed by atoms with Crippen molar-refractivity contribution in [1.82, 2.24) is 0 Å². The topological polar surface area (TPSA) is 40.2 Å². The number of hydrogen-bond acceptors (Lipinski definition) is 4. The van der Waals surface area contributed by atoms with Gasteiger partial charge in [-0.15, -0.1) is 0 Å². The van der Waals surface area contributed by atoms with E-state index in [1.165, 1.54) is 5.56 Å². The summed E-state index contributed by atoms with van der Waals surface area (Å²) in [5, 5.41) is 0. The lowest BCUT2D eigenvalue weighted by Gasteiger charge is -2.43. The number of benzene rings is 1. The lowest BCUT2D eigenvalue weighted by molar-refractivity contribution is -0.318. The molecule has 3 saturated heterocycles. The zero-order chi connectivity index (χ0) is 13.4. The predicted octanol–water partition coefficient (Wildman–Crippen LogP) is 2.27. The van der Waals surface area contributed by atoms with Crippen LogP contribution in [0.15, 0.2) is 30.3 Å². The van der Waals surface area contributed by atoms with Crippen LogP contribution in [0.1, 0.15) is 24.8 Å². The van der Waals surface area contributed by atoms with E-state index in [0.717, 1.165) is 25.9 Å². The molecule has 3 fully saturated rings. The van der Waals surface area contributed by atoms with Crippen LogP contribution in [0.4, 0.5) is 0 Å². The van der Waals surface area contributed by atoms with E-state index in [-0.39, 0.29) is 18.3 Å². The number of epoxide rings is 1. The standard InChI is InChI=1S/C16H20O4/c1-2-6-12(7-3-1)10-17-15-14-13(20-14)11-19-16(15)8-4-5-9-18-16/h1-3,6-7,13-15H,4-5,8-11H2/t13-,14-,15-,16-/m0/s1. The van der Waals surface area contributed by atoms with Crippen molar-refractivity contribution in [2.45, 2.75) is 50.0 Å². The van der Waals surface area contributed by atoms with Gasteiger partial charge in [0.1, 0.15) is 18.3 Å².